The topological polar surface area (TPSA) is 55.8 Å². The van der Waals surface area contributed by atoms with Crippen LogP contribution in [-0.2, 0) is 4.74 Å². The lowest BCUT2D eigenvalue weighted by Crippen LogP contribution is -2.39. The molecule has 1 aliphatic rings. The molecule has 24 heavy (non-hydrogen) atoms. The lowest BCUT2D eigenvalue weighted by molar-refractivity contribution is -0.191. The smallest absolute Gasteiger partial charge is 0.472 e. The van der Waals surface area contributed by atoms with Crippen molar-refractivity contribution in [2.24, 2.45) is 0 Å². The summed E-state index contributed by atoms with van der Waals surface area (Å²) in [5.74, 6) is -0.803. The maximum Gasteiger partial charge on any atom is 0.511 e. The molecule has 7 heteroatoms. The van der Waals surface area contributed by atoms with Crippen LogP contribution in [-0.4, -0.2) is 23.5 Å². The fraction of sp³-hybridized carbons (Fsp3) is 0.118. The molecule has 0 saturated carbocycles. The maximum absolute atomic E-state index is 13.0. The SMILES string of the molecule is O=C(O)OC1=Cc2cc(-c3ccccc3)ccc2OC1C(F)(F)F. The number of fused-ring (bicyclic) bond motifs is 1. The Morgan fingerprint density at radius 3 is 2.42 bits per heavy atom. The quantitative estimate of drug-likeness (QED) is 0.807. The Hall–Kier alpha value is -2.96. The first-order valence-corrected chi connectivity index (χ1v) is 6.90. The number of hydrogen-bond donors (Lipinski definition) is 1. The molecule has 0 amide bonds. The van der Waals surface area contributed by atoms with Crippen molar-refractivity contribution in [2.75, 3.05) is 0 Å². The molecule has 0 aliphatic carbocycles. The van der Waals surface area contributed by atoms with Crippen molar-refractivity contribution in [3.05, 3.63) is 59.9 Å². The summed E-state index contributed by atoms with van der Waals surface area (Å²) in [6.07, 6.45) is -8.04. The van der Waals surface area contributed by atoms with E-state index in [0.29, 0.717) is 5.56 Å². The number of carbonyl (C=O) groups is 1. The second-order valence-corrected chi connectivity index (χ2v) is 5.07. The van der Waals surface area contributed by atoms with Gasteiger partial charge in [-0.25, -0.2) is 4.79 Å². The van der Waals surface area contributed by atoms with E-state index >= 15 is 0 Å². The molecule has 0 aromatic heterocycles. The Balaban J connectivity index is 2.04. The fourth-order valence-electron chi connectivity index (χ4n) is 2.40. The molecule has 0 fully saturated rings. The molecular formula is C17H11F3O4. The van der Waals surface area contributed by atoms with Gasteiger partial charge >= 0.3 is 12.3 Å². The summed E-state index contributed by atoms with van der Waals surface area (Å²) in [7, 11) is 0. The molecule has 0 radical (unpaired) electrons. The molecule has 2 aromatic rings. The van der Waals surface area contributed by atoms with Gasteiger partial charge in [-0.2, -0.15) is 13.2 Å². The summed E-state index contributed by atoms with van der Waals surface area (Å²) < 4.78 is 48.3. The zero-order chi connectivity index (χ0) is 17.3. The molecular weight excluding hydrogens is 325 g/mol. The van der Waals surface area contributed by atoms with E-state index in [9.17, 15) is 18.0 Å². The molecule has 3 rings (SSSR count). The van der Waals surface area contributed by atoms with Crippen LogP contribution in [0.2, 0.25) is 0 Å². The predicted molar refractivity (Wildman–Crippen MR) is 79.4 cm³/mol. The van der Waals surface area contributed by atoms with Gasteiger partial charge in [-0.05, 0) is 29.3 Å². The molecule has 1 aliphatic heterocycles. The van der Waals surface area contributed by atoms with Crippen molar-refractivity contribution in [2.45, 2.75) is 12.3 Å². The predicted octanol–water partition coefficient (Wildman–Crippen LogP) is 4.71. The van der Waals surface area contributed by atoms with Gasteiger partial charge in [0.2, 0.25) is 0 Å². The van der Waals surface area contributed by atoms with Crippen molar-refractivity contribution in [1.82, 2.24) is 0 Å². The van der Waals surface area contributed by atoms with Gasteiger partial charge in [-0.3, -0.25) is 0 Å². The average Bonchev–Trinajstić information content (AvgIpc) is 2.53. The van der Waals surface area contributed by atoms with Crippen LogP contribution in [0.15, 0.2) is 54.3 Å². The summed E-state index contributed by atoms with van der Waals surface area (Å²) in [5.41, 5.74) is 1.94. The van der Waals surface area contributed by atoms with Crippen LogP contribution < -0.4 is 4.74 Å². The van der Waals surface area contributed by atoms with Gasteiger partial charge in [0.05, 0.1) is 0 Å². The number of benzene rings is 2. The molecule has 4 nitrogen and oxygen atoms in total. The number of rotatable bonds is 2. The van der Waals surface area contributed by atoms with Crippen LogP contribution >= 0.6 is 0 Å². The Kier molecular flexibility index (Phi) is 3.92. The molecule has 1 atom stereocenters. The van der Waals surface area contributed by atoms with E-state index in [1.165, 1.54) is 6.07 Å². The van der Waals surface area contributed by atoms with Crippen molar-refractivity contribution in [3.8, 4) is 16.9 Å². The molecule has 124 valence electrons. The van der Waals surface area contributed by atoms with Crippen LogP contribution in [0.25, 0.3) is 17.2 Å². The molecule has 0 bridgehead atoms. The highest BCUT2D eigenvalue weighted by Gasteiger charge is 2.48. The van der Waals surface area contributed by atoms with Gasteiger partial charge in [-0.1, -0.05) is 36.4 Å². The summed E-state index contributed by atoms with van der Waals surface area (Å²) in [6.45, 7) is 0. The first-order valence-electron chi connectivity index (χ1n) is 6.90. The van der Waals surface area contributed by atoms with Crippen LogP contribution in [0, 0.1) is 0 Å². The van der Waals surface area contributed by atoms with Crippen molar-refractivity contribution >= 4 is 12.2 Å². The number of hydrogen-bond acceptors (Lipinski definition) is 3. The number of ether oxygens (including phenoxy) is 2. The number of carboxylic acid groups (broad SMARTS) is 1. The minimum Gasteiger partial charge on any atom is -0.472 e. The van der Waals surface area contributed by atoms with Crippen LogP contribution in [0.1, 0.15) is 5.56 Å². The van der Waals surface area contributed by atoms with Gasteiger partial charge in [0.25, 0.3) is 6.10 Å². The van der Waals surface area contributed by atoms with E-state index in [4.69, 9.17) is 9.84 Å². The molecule has 1 N–H and O–H groups in total. The van der Waals surface area contributed by atoms with E-state index in [0.717, 1.165) is 17.2 Å². The Morgan fingerprint density at radius 2 is 1.79 bits per heavy atom. The average molecular weight is 336 g/mol. The van der Waals surface area contributed by atoms with Crippen molar-refractivity contribution in [1.29, 1.82) is 0 Å². The van der Waals surface area contributed by atoms with Gasteiger partial charge in [0.1, 0.15) is 5.75 Å². The monoisotopic (exact) mass is 336 g/mol. The highest BCUT2D eigenvalue weighted by Crippen LogP contribution is 2.39. The first-order chi connectivity index (χ1) is 11.3. The van der Waals surface area contributed by atoms with E-state index in [1.807, 2.05) is 30.3 Å². The van der Waals surface area contributed by atoms with E-state index in [1.54, 1.807) is 12.1 Å². The summed E-state index contributed by atoms with van der Waals surface area (Å²) >= 11 is 0. The zero-order valence-corrected chi connectivity index (χ0v) is 12.1. The van der Waals surface area contributed by atoms with Crippen molar-refractivity contribution in [3.63, 3.8) is 0 Å². The second kappa shape index (κ2) is 5.92. The van der Waals surface area contributed by atoms with Gasteiger partial charge in [-0.15, -0.1) is 0 Å². The molecule has 1 unspecified atom stereocenters. The molecule has 2 aromatic carbocycles. The second-order valence-electron chi connectivity index (χ2n) is 5.07. The third-order valence-corrected chi connectivity index (χ3v) is 3.42. The minimum atomic E-state index is -4.79. The van der Waals surface area contributed by atoms with Gasteiger partial charge < -0.3 is 14.6 Å². The minimum absolute atomic E-state index is 0.00902. The lowest BCUT2D eigenvalue weighted by atomic mass is 10.00. The van der Waals surface area contributed by atoms with E-state index < -0.39 is 24.2 Å². The molecule has 0 spiro atoms. The number of alkyl halides is 3. The van der Waals surface area contributed by atoms with Crippen LogP contribution in [0.4, 0.5) is 18.0 Å². The zero-order valence-electron chi connectivity index (χ0n) is 12.1. The Bertz CT molecular complexity index is 797. The normalized spacial score (nSPS) is 16.6. The third kappa shape index (κ3) is 3.19. The van der Waals surface area contributed by atoms with Gasteiger partial charge in [0, 0.05) is 5.56 Å². The molecule has 0 saturated heterocycles. The highest BCUT2D eigenvalue weighted by molar-refractivity contribution is 5.73. The Labute approximate surface area is 134 Å². The van der Waals surface area contributed by atoms with Gasteiger partial charge in [0.15, 0.2) is 5.76 Å². The van der Waals surface area contributed by atoms with E-state index in [-0.39, 0.29) is 5.75 Å². The lowest BCUT2D eigenvalue weighted by Gasteiger charge is -2.27. The highest BCUT2D eigenvalue weighted by atomic mass is 19.4. The third-order valence-electron chi connectivity index (χ3n) is 3.42. The van der Waals surface area contributed by atoms with E-state index in [2.05, 4.69) is 4.74 Å². The molecule has 1 heterocycles. The van der Waals surface area contributed by atoms with Crippen molar-refractivity contribution < 1.29 is 32.5 Å². The Morgan fingerprint density at radius 1 is 1.08 bits per heavy atom. The summed E-state index contributed by atoms with van der Waals surface area (Å²) in [4.78, 5) is 10.7. The largest absolute Gasteiger partial charge is 0.511 e. The maximum atomic E-state index is 13.0. The fourth-order valence-corrected chi connectivity index (χ4v) is 2.40. The summed E-state index contributed by atoms with van der Waals surface area (Å²) in [5, 5.41) is 8.64. The number of halogens is 3. The summed E-state index contributed by atoms with van der Waals surface area (Å²) in [6, 6.07) is 13.9. The first kappa shape index (κ1) is 15.9. The standard InChI is InChI=1S/C17H11F3O4/c18-17(19,20)15-14(24-16(21)22)9-12-8-11(6-7-13(12)23-15)10-4-2-1-3-5-10/h1-9,15H,(H,21,22). The van der Waals surface area contributed by atoms with Crippen LogP contribution in [0.5, 0.6) is 5.75 Å². The van der Waals surface area contributed by atoms with Crippen LogP contribution in [0.3, 0.4) is 0 Å².